The van der Waals surface area contributed by atoms with Crippen molar-refractivity contribution in [2.45, 2.75) is 45.6 Å². The summed E-state index contributed by atoms with van der Waals surface area (Å²) in [4.78, 5) is 0. The number of halogens is 2. The van der Waals surface area contributed by atoms with Crippen LogP contribution >= 0.6 is 31.9 Å². The lowest BCUT2D eigenvalue weighted by Gasteiger charge is -2.30. The minimum atomic E-state index is 0.400. The first-order valence-electron chi connectivity index (χ1n) is 7.26. The monoisotopic (exact) mass is 387 g/mol. The van der Waals surface area contributed by atoms with Gasteiger partial charge in [0.15, 0.2) is 0 Å². The van der Waals surface area contributed by atoms with Gasteiger partial charge in [0.1, 0.15) is 0 Å². The van der Waals surface area contributed by atoms with Crippen molar-refractivity contribution in [1.29, 1.82) is 0 Å². The lowest BCUT2D eigenvalue weighted by molar-refractivity contribution is 0.242. The van der Waals surface area contributed by atoms with Gasteiger partial charge in [-0.15, -0.1) is 0 Å². The number of benzene rings is 1. The Morgan fingerprint density at radius 1 is 1.26 bits per heavy atom. The molecule has 0 spiro atoms. The first-order chi connectivity index (χ1) is 9.08. The van der Waals surface area contributed by atoms with Crippen LogP contribution in [0.15, 0.2) is 27.1 Å². The summed E-state index contributed by atoms with van der Waals surface area (Å²) in [5.41, 5.74) is 1.34. The van der Waals surface area contributed by atoms with Crippen LogP contribution in [0, 0.1) is 11.8 Å². The standard InChI is InChI=1S/C16H23Br2N/c1-11-5-3-4-6-13(11)10-19-12(2)15-8-7-14(17)9-16(15)18/h7-9,11-13,19H,3-6,10H2,1-2H3. The van der Waals surface area contributed by atoms with Crippen molar-refractivity contribution >= 4 is 31.9 Å². The summed E-state index contributed by atoms with van der Waals surface area (Å²) in [6, 6.07) is 6.82. The third-order valence-electron chi connectivity index (χ3n) is 4.40. The van der Waals surface area contributed by atoms with Gasteiger partial charge in [-0.25, -0.2) is 0 Å². The van der Waals surface area contributed by atoms with Crippen LogP contribution in [-0.2, 0) is 0 Å². The van der Waals surface area contributed by atoms with E-state index < -0.39 is 0 Å². The number of hydrogen-bond donors (Lipinski definition) is 1. The molecule has 3 heteroatoms. The van der Waals surface area contributed by atoms with E-state index in [1.54, 1.807) is 0 Å². The van der Waals surface area contributed by atoms with Gasteiger partial charge in [0.05, 0.1) is 0 Å². The molecule has 0 aliphatic heterocycles. The van der Waals surface area contributed by atoms with E-state index in [-0.39, 0.29) is 0 Å². The quantitative estimate of drug-likeness (QED) is 0.698. The normalized spacial score (nSPS) is 25.3. The fourth-order valence-electron chi connectivity index (χ4n) is 2.99. The Hall–Kier alpha value is 0.140. The summed E-state index contributed by atoms with van der Waals surface area (Å²) < 4.78 is 2.30. The largest absolute Gasteiger partial charge is 0.310 e. The molecule has 0 aromatic heterocycles. The Balaban J connectivity index is 1.91. The summed E-state index contributed by atoms with van der Waals surface area (Å²) in [6.07, 6.45) is 5.63. The van der Waals surface area contributed by atoms with E-state index in [0.29, 0.717) is 6.04 Å². The van der Waals surface area contributed by atoms with Crippen molar-refractivity contribution < 1.29 is 0 Å². The average molecular weight is 389 g/mol. The Morgan fingerprint density at radius 3 is 2.68 bits per heavy atom. The lowest BCUT2D eigenvalue weighted by Crippen LogP contribution is -2.31. The third-order valence-corrected chi connectivity index (χ3v) is 5.58. The fraction of sp³-hybridized carbons (Fsp3) is 0.625. The van der Waals surface area contributed by atoms with Crippen molar-refractivity contribution in [2.75, 3.05) is 6.54 Å². The molecule has 106 valence electrons. The van der Waals surface area contributed by atoms with E-state index in [1.165, 1.54) is 35.7 Å². The topological polar surface area (TPSA) is 12.0 Å². The average Bonchev–Trinajstić information content (AvgIpc) is 2.37. The lowest BCUT2D eigenvalue weighted by atomic mass is 9.80. The molecule has 0 bridgehead atoms. The summed E-state index contributed by atoms with van der Waals surface area (Å²) in [5, 5.41) is 3.71. The molecule has 0 amide bonds. The van der Waals surface area contributed by atoms with Gasteiger partial charge in [0.2, 0.25) is 0 Å². The predicted octanol–water partition coefficient (Wildman–Crippen LogP) is 5.69. The number of nitrogens with one attached hydrogen (secondary N) is 1. The first kappa shape index (κ1) is 15.5. The van der Waals surface area contributed by atoms with E-state index in [2.05, 4.69) is 69.2 Å². The molecule has 2 rings (SSSR count). The second-order valence-electron chi connectivity index (χ2n) is 5.82. The molecular weight excluding hydrogens is 366 g/mol. The molecule has 1 saturated carbocycles. The van der Waals surface area contributed by atoms with Gasteiger partial charge in [0, 0.05) is 15.0 Å². The summed E-state index contributed by atoms with van der Waals surface area (Å²) in [5.74, 6) is 1.73. The van der Waals surface area contributed by atoms with Gasteiger partial charge < -0.3 is 5.32 Å². The van der Waals surface area contributed by atoms with Crippen LogP contribution in [0.4, 0.5) is 0 Å². The van der Waals surface area contributed by atoms with Gasteiger partial charge in [-0.05, 0) is 49.4 Å². The van der Waals surface area contributed by atoms with Crippen molar-refractivity contribution in [2.24, 2.45) is 11.8 Å². The van der Waals surface area contributed by atoms with Crippen LogP contribution in [0.25, 0.3) is 0 Å². The predicted molar refractivity (Wildman–Crippen MR) is 89.4 cm³/mol. The molecule has 1 aliphatic carbocycles. The summed E-state index contributed by atoms with van der Waals surface area (Å²) in [6.45, 7) is 5.80. The van der Waals surface area contributed by atoms with Crippen LogP contribution in [0.2, 0.25) is 0 Å². The second-order valence-corrected chi connectivity index (χ2v) is 7.59. The van der Waals surface area contributed by atoms with E-state index in [4.69, 9.17) is 0 Å². The van der Waals surface area contributed by atoms with Crippen LogP contribution in [0.5, 0.6) is 0 Å². The zero-order chi connectivity index (χ0) is 13.8. The molecule has 1 N–H and O–H groups in total. The Labute approximate surface area is 133 Å². The zero-order valence-electron chi connectivity index (χ0n) is 11.8. The van der Waals surface area contributed by atoms with Crippen molar-refractivity contribution in [3.05, 3.63) is 32.7 Å². The van der Waals surface area contributed by atoms with Crippen LogP contribution < -0.4 is 5.32 Å². The van der Waals surface area contributed by atoms with Crippen molar-refractivity contribution in [1.82, 2.24) is 5.32 Å². The number of rotatable bonds is 4. The van der Waals surface area contributed by atoms with Crippen LogP contribution in [0.3, 0.4) is 0 Å². The van der Waals surface area contributed by atoms with Gasteiger partial charge in [-0.3, -0.25) is 0 Å². The number of hydrogen-bond acceptors (Lipinski definition) is 1. The fourth-order valence-corrected chi connectivity index (χ4v) is 4.38. The highest BCUT2D eigenvalue weighted by Crippen LogP contribution is 2.30. The van der Waals surface area contributed by atoms with Crippen LogP contribution in [-0.4, -0.2) is 6.54 Å². The van der Waals surface area contributed by atoms with Crippen molar-refractivity contribution in [3.8, 4) is 0 Å². The Morgan fingerprint density at radius 2 is 2.00 bits per heavy atom. The highest BCUT2D eigenvalue weighted by molar-refractivity contribution is 9.11. The third kappa shape index (κ3) is 4.30. The molecule has 1 aliphatic rings. The minimum absolute atomic E-state index is 0.400. The molecular formula is C16H23Br2N. The minimum Gasteiger partial charge on any atom is -0.310 e. The molecule has 1 aromatic rings. The van der Waals surface area contributed by atoms with Gasteiger partial charge in [-0.1, -0.05) is 64.1 Å². The molecule has 0 saturated heterocycles. The maximum absolute atomic E-state index is 3.71. The van der Waals surface area contributed by atoms with E-state index in [0.717, 1.165) is 22.9 Å². The molecule has 19 heavy (non-hydrogen) atoms. The highest BCUT2D eigenvalue weighted by atomic mass is 79.9. The van der Waals surface area contributed by atoms with Crippen LogP contribution in [0.1, 0.15) is 51.1 Å². The zero-order valence-corrected chi connectivity index (χ0v) is 14.9. The molecule has 0 radical (unpaired) electrons. The van der Waals surface area contributed by atoms with Crippen molar-refractivity contribution in [3.63, 3.8) is 0 Å². The van der Waals surface area contributed by atoms with Gasteiger partial charge in [0.25, 0.3) is 0 Å². The van der Waals surface area contributed by atoms with E-state index >= 15 is 0 Å². The summed E-state index contributed by atoms with van der Waals surface area (Å²) >= 11 is 7.16. The maximum Gasteiger partial charge on any atom is 0.0303 e. The van der Waals surface area contributed by atoms with E-state index in [1.807, 2.05) is 0 Å². The molecule has 1 nitrogen and oxygen atoms in total. The SMILES string of the molecule is CC(NCC1CCCCC1C)c1ccc(Br)cc1Br. The highest BCUT2D eigenvalue weighted by Gasteiger charge is 2.21. The molecule has 0 heterocycles. The van der Waals surface area contributed by atoms with Gasteiger partial charge in [-0.2, -0.15) is 0 Å². The Bertz CT molecular complexity index is 419. The maximum atomic E-state index is 3.71. The smallest absolute Gasteiger partial charge is 0.0303 e. The molecule has 3 unspecified atom stereocenters. The van der Waals surface area contributed by atoms with E-state index in [9.17, 15) is 0 Å². The molecule has 1 fully saturated rings. The summed E-state index contributed by atoms with van der Waals surface area (Å²) in [7, 11) is 0. The Kier molecular flexibility index (Phi) is 5.91. The molecule has 1 aromatic carbocycles. The first-order valence-corrected chi connectivity index (χ1v) is 8.85. The molecule has 3 atom stereocenters. The van der Waals surface area contributed by atoms with Gasteiger partial charge >= 0.3 is 0 Å². The second kappa shape index (κ2) is 7.24.